The maximum atomic E-state index is 5.41. The van der Waals surface area contributed by atoms with Gasteiger partial charge in [0, 0.05) is 22.6 Å². The summed E-state index contributed by atoms with van der Waals surface area (Å²) in [6.07, 6.45) is 0. The molecular weight excluding hydrogens is 314 g/mol. The van der Waals surface area contributed by atoms with Gasteiger partial charge in [0.25, 0.3) is 0 Å². The molecule has 0 aliphatic heterocycles. The van der Waals surface area contributed by atoms with Gasteiger partial charge in [0.15, 0.2) is 0 Å². The van der Waals surface area contributed by atoms with E-state index in [1.165, 1.54) is 16.7 Å². The van der Waals surface area contributed by atoms with Gasteiger partial charge in [-0.1, -0.05) is 46.3 Å². The molecule has 0 fully saturated rings. The van der Waals surface area contributed by atoms with E-state index >= 15 is 0 Å². The molecule has 0 heterocycles. The average Bonchev–Trinajstić information content (AvgIpc) is 2.48. The first kappa shape index (κ1) is 15.1. The summed E-state index contributed by atoms with van der Waals surface area (Å²) in [6.45, 7) is 5.08. The number of rotatable bonds is 5. The molecule has 0 radical (unpaired) electrons. The molecular formula is C17H20BrNO. The molecule has 0 saturated carbocycles. The van der Waals surface area contributed by atoms with Crippen LogP contribution in [0.2, 0.25) is 0 Å². The lowest BCUT2D eigenvalue weighted by molar-refractivity contribution is 0.401. The van der Waals surface area contributed by atoms with Crippen molar-refractivity contribution in [3.8, 4) is 5.75 Å². The van der Waals surface area contributed by atoms with Crippen LogP contribution in [0.5, 0.6) is 5.75 Å². The molecule has 0 aromatic heterocycles. The van der Waals surface area contributed by atoms with Gasteiger partial charge < -0.3 is 10.1 Å². The van der Waals surface area contributed by atoms with E-state index in [2.05, 4.69) is 59.4 Å². The molecule has 2 aromatic rings. The zero-order valence-electron chi connectivity index (χ0n) is 12.1. The zero-order chi connectivity index (χ0) is 14.5. The van der Waals surface area contributed by atoms with Crippen molar-refractivity contribution in [3.63, 3.8) is 0 Å². The Hall–Kier alpha value is -1.32. The minimum Gasteiger partial charge on any atom is -0.496 e. The van der Waals surface area contributed by atoms with Crippen LogP contribution in [-0.2, 0) is 6.54 Å². The first-order valence-electron chi connectivity index (χ1n) is 6.73. The van der Waals surface area contributed by atoms with Crippen molar-refractivity contribution in [3.05, 3.63) is 63.6 Å². The van der Waals surface area contributed by atoms with Crippen molar-refractivity contribution < 1.29 is 4.74 Å². The molecule has 0 amide bonds. The predicted octanol–water partition coefficient (Wildman–Crippen LogP) is 4.62. The van der Waals surface area contributed by atoms with Crippen molar-refractivity contribution in [1.29, 1.82) is 0 Å². The van der Waals surface area contributed by atoms with Crippen LogP contribution in [0.25, 0.3) is 0 Å². The summed E-state index contributed by atoms with van der Waals surface area (Å²) in [6, 6.07) is 14.8. The topological polar surface area (TPSA) is 21.3 Å². The minimum absolute atomic E-state index is 0.242. The maximum absolute atomic E-state index is 5.41. The summed E-state index contributed by atoms with van der Waals surface area (Å²) in [5.41, 5.74) is 3.71. The normalized spacial score (nSPS) is 12.2. The molecule has 2 rings (SSSR count). The van der Waals surface area contributed by atoms with Crippen LogP contribution >= 0.6 is 15.9 Å². The molecule has 0 bridgehead atoms. The van der Waals surface area contributed by atoms with E-state index in [0.717, 1.165) is 16.8 Å². The second-order valence-electron chi connectivity index (χ2n) is 4.93. The summed E-state index contributed by atoms with van der Waals surface area (Å²) in [5.74, 6) is 0.928. The molecule has 0 spiro atoms. The molecule has 3 heteroatoms. The average molecular weight is 334 g/mol. The second kappa shape index (κ2) is 6.91. The Balaban J connectivity index is 2.04. The molecule has 1 N–H and O–H groups in total. The minimum atomic E-state index is 0.242. The lowest BCUT2D eigenvalue weighted by atomic mass is 10.1. The smallest absolute Gasteiger partial charge is 0.123 e. The molecule has 0 aliphatic rings. The van der Waals surface area contributed by atoms with Crippen molar-refractivity contribution in [2.45, 2.75) is 26.4 Å². The fraction of sp³-hybridized carbons (Fsp3) is 0.294. The number of hydrogen-bond donors (Lipinski definition) is 1. The zero-order valence-corrected chi connectivity index (χ0v) is 13.7. The Kier molecular flexibility index (Phi) is 5.21. The van der Waals surface area contributed by atoms with Crippen LogP contribution in [0.3, 0.4) is 0 Å². The van der Waals surface area contributed by atoms with Crippen molar-refractivity contribution in [2.24, 2.45) is 0 Å². The van der Waals surface area contributed by atoms with Gasteiger partial charge in [0.05, 0.1) is 7.11 Å². The van der Waals surface area contributed by atoms with Crippen molar-refractivity contribution in [2.75, 3.05) is 7.11 Å². The van der Waals surface area contributed by atoms with E-state index in [1.807, 2.05) is 18.2 Å². The highest BCUT2D eigenvalue weighted by Crippen LogP contribution is 2.25. The number of para-hydroxylation sites is 1. The highest BCUT2D eigenvalue weighted by atomic mass is 79.9. The lowest BCUT2D eigenvalue weighted by Gasteiger charge is -2.17. The fourth-order valence-corrected chi connectivity index (χ4v) is 2.58. The molecule has 2 aromatic carbocycles. The van der Waals surface area contributed by atoms with E-state index in [-0.39, 0.29) is 6.04 Å². The summed E-state index contributed by atoms with van der Waals surface area (Å²) in [4.78, 5) is 0. The molecule has 0 saturated heterocycles. The van der Waals surface area contributed by atoms with Gasteiger partial charge in [-0.3, -0.25) is 0 Å². The lowest BCUT2D eigenvalue weighted by Crippen LogP contribution is -2.18. The number of aryl methyl sites for hydroxylation is 1. The Morgan fingerprint density at radius 2 is 1.95 bits per heavy atom. The molecule has 106 valence electrons. The first-order chi connectivity index (χ1) is 9.61. The standard InChI is InChI=1S/C17H20BrNO/c1-12-8-9-14(10-16(12)18)11-19-13(2)15-6-4-5-7-17(15)20-3/h4-10,13,19H,11H2,1-3H3/t13-/m1/s1. The van der Waals surface area contributed by atoms with Gasteiger partial charge in [-0.05, 0) is 37.1 Å². The quantitative estimate of drug-likeness (QED) is 0.862. The third kappa shape index (κ3) is 3.62. The number of nitrogens with one attached hydrogen (secondary N) is 1. The van der Waals surface area contributed by atoms with Crippen LogP contribution in [0.4, 0.5) is 0 Å². The summed E-state index contributed by atoms with van der Waals surface area (Å²) >= 11 is 3.57. The second-order valence-corrected chi connectivity index (χ2v) is 5.78. The largest absolute Gasteiger partial charge is 0.496 e. The van der Waals surface area contributed by atoms with Crippen LogP contribution in [0, 0.1) is 6.92 Å². The van der Waals surface area contributed by atoms with E-state index in [9.17, 15) is 0 Å². The van der Waals surface area contributed by atoms with E-state index < -0.39 is 0 Å². The SMILES string of the molecule is COc1ccccc1[C@@H](C)NCc1ccc(C)c(Br)c1. The van der Waals surface area contributed by atoms with Gasteiger partial charge in [0.1, 0.15) is 5.75 Å². The summed E-state index contributed by atoms with van der Waals surface area (Å²) in [5, 5.41) is 3.54. The maximum Gasteiger partial charge on any atom is 0.123 e. The Bertz CT molecular complexity index is 583. The number of benzene rings is 2. The molecule has 2 nitrogen and oxygen atoms in total. The summed E-state index contributed by atoms with van der Waals surface area (Å²) in [7, 11) is 1.71. The van der Waals surface area contributed by atoms with Gasteiger partial charge in [-0.25, -0.2) is 0 Å². The van der Waals surface area contributed by atoms with Gasteiger partial charge in [0.2, 0.25) is 0 Å². The third-order valence-electron chi connectivity index (χ3n) is 3.45. The monoisotopic (exact) mass is 333 g/mol. The van der Waals surface area contributed by atoms with Crippen LogP contribution in [-0.4, -0.2) is 7.11 Å². The van der Waals surface area contributed by atoms with E-state index in [4.69, 9.17) is 4.74 Å². The highest BCUT2D eigenvalue weighted by molar-refractivity contribution is 9.10. The number of halogens is 1. The predicted molar refractivity (Wildman–Crippen MR) is 87.1 cm³/mol. The van der Waals surface area contributed by atoms with E-state index in [0.29, 0.717) is 0 Å². The molecule has 1 atom stereocenters. The highest BCUT2D eigenvalue weighted by Gasteiger charge is 2.10. The van der Waals surface area contributed by atoms with Crippen LogP contribution in [0.15, 0.2) is 46.9 Å². The first-order valence-corrected chi connectivity index (χ1v) is 7.52. The molecule has 0 aliphatic carbocycles. The van der Waals surface area contributed by atoms with Gasteiger partial charge in [-0.15, -0.1) is 0 Å². The van der Waals surface area contributed by atoms with Crippen molar-refractivity contribution >= 4 is 15.9 Å². The van der Waals surface area contributed by atoms with Crippen molar-refractivity contribution in [1.82, 2.24) is 5.32 Å². The van der Waals surface area contributed by atoms with Gasteiger partial charge in [-0.2, -0.15) is 0 Å². The summed E-state index contributed by atoms with van der Waals surface area (Å²) < 4.78 is 6.56. The van der Waals surface area contributed by atoms with Crippen LogP contribution in [0.1, 0.15) is 29.7 Å². The fourth-order valence-electron chi connectivity index (χ4n) is 2.15. The number of ether oxygens (including phenoxy) is 1. The Morgan fingerprint density at radius 3 is 2.65 bits per heavy atom. The Morgan fingerprint density at radius 1 is 1.20 bits per heavy atom. The Labute approximate surface area is 129 Å². The van der Waals surface area contributed by atoms with Gasteiger partial charge >= 0.3 is 0 Å². The van der Waals surface area contributed by atoms with E-state index in [1.54, 1.807) is 7.11 Å². The number of methoxy groups -OCH3 is 1. The number of hydrogen-bond acceptors (Lipinski definition) is 2. The van der Waals surface area contributed by atoms with Crippen LogP contribution < -0.4 is 10.1 Å². The molecule has 0 unspecified atom stereocenters. The third-order valence-corrected chi connectivity index (χ3v) is 4.31. The molecule has 20 heavy (non-hydrogen) atoms.